The van der Waals surface area contributed by atoms with E-state index < -0.39 is 17.7 Å². The monoisotopic (exact) mass is 520 g/mol. The highest BCUT2D eigenvalue weighted by atomic mass is 35.5. The molecule has 0 unspecified atom stereocenters. The Bertz CT molecular complexity index is 1150. The number of hydrogen-bond acceptors (Lipinski definition) is 5. The van der Waals surface area contributed by atoms with Crippen LogP contribution in [0.25, 0.3) is 0 Å². The van der Waals surface area contributed by atoms with Crippen LogP contribution in [0.3, 0.4) is 0 Å². The third-order valence-electron chi connectivity index (χ3n) is 3.90. The van der Waals surface area contributed by atoms with Gasteiger partial charge in [-0.2, -0.15) is 13.2 Å². The van der Waals surface area contributed by atoms with Crippen LogP contribution >= 0.6 is 46.8 Å². The van der Waals surface area contributed by atoms with Crippen molar-refractivity contribution in [3.8, 4) is 11.5 Å². The maximum Gasteiger partial charge on any atom is 0.416 e. The molecule has 0 saturated carbocycles. The van der Waals surface area contributed by atoms with E-state index in [4.69, 9.17) is 44.9 Å². The third kappa shape index (κ3) is 6.04. The molecule has 0 amide bonds. The minimum atomic E-state index is -4.59. The first-order chi connectivity index (χ1) is 15.1. The molecule has 12 heteroatoms. The lowest BCUT2D eigenvalue weighted by atomic mass is 10.1. The van der Waals surface area contributed by atoms with Gasteiger partial charge in [0.1, 0.15) is 0 Å². The fraction of sp³-hybridized carbons (Fsp3) is 0.100. The molecule has 0 aliphatic heterocycles. The highest BCUT2D eigenvalue weighted by Crippen LogP contribution is 2.38. The van der Waals surface area contributed by atoms with Crippen molar-refractivity contribution >= 4 is 69.2 Å². The van der Waals surface area contributed by atoms with Gasteiger partial charge in [-0.25, -0.2) is 4.79 Å². The van der Waals surface area contributed by atoms with E-state index in [9.17, 15) is 18.0 Å². The molecule has 0 saturated heterocycles. The number of thiocarbonyl (C=S) groups is 1. The van der Waals surface area contributed by atoms with Crippen molar-refractivity contribution in [1.29, 1.82) is 0 Å². The number of nitrogens with one attached hydrogen (secondary N) is 2. The summed E-state index contributed by atoms with van der Waals surface area (Å²) >= 11 is 18.2. The van der Waals surface area contributed by atoms with Crippen LogP contribution < -0.4 is 15.4 Å². The second-order valence-electron chi connectivity index (χ2n) is 6.15. The van der Waals surface area contributed by atoms with Gasteiger partial charge in [0, 0.05) is 15.7 Å². The van der Waals surface area contributed by atoms with Gasteiger partial charge < -0.3 is 20.1 Å². The summed E-state index contributed by atoms with van der Waals surface area (Å²) in [5.74, 6) is -0.494. The van der Waals surface area contributed by atoms with Crippen LogP contribution in [0.1, 0.15) is 15.2 Å². The van der Waals surface area contributed by atoms with Crippen LogP contribution in [-0.4, -0.2) is 18.2 Å². The molecule has 0 spiro atoms. The quantitative estimate of drug-likeness (QED) is 0.269. The fourth-order valence-corrected chi connectivity index (χ4v) is 4.03. The normalized spacial score (nSPS) is 11.1. The molecular weight excluding hydrogens is 508 g/mol. The van der Waals surface area contributed by atoms with Crippen LogP contribution in [0.2, 0.25) is 10.0 Å². The van der Waals surface area contributed by atoms with Crippen molar-refractivity contribution in [2.75, 3.05) is 17.7 Å². The SMILES string of the molecule is COC(=O)c1sccc1Oc1ccc(C(F)(F)F)cc1NC(=S)Nc1cc(Cl)cc(Cl)c1. The maximum atomic E-state index is 13.3. The van der Waals surface area contributed by atoms with E-state index in [1.54, 1.807) is 17.5 Å². The predicted molar refractivity (Wildman–Crippen MR) is 123 cm³/mol. The lowest BCUT2D eigenvalue weighted by molar-refractivity contribution is -0.137. The second kappa shape index (κ2) is 9.95. The van der Waals surface area contributed by atoms with Gasteiger partial charge in [-0.1, -0.05) is 23.2 Å². The maximum absolute atomic E-state index is 13.3. The number of methoxy groups -OCH3 is 1. The van der Waals surface area contributed by atoms with Crippen molar-refractivity contribution in [3.05, 3.63) is 68.3 Å². The molecule has 168 valence electrons. The van der Waals surface area contributed by atoms with Gasteiger partial charge in [0.15, 0.2) is 21.5 Å². The molecule has 32 heavy (non-hydrogen) atoms. The molecule has 0 fully saturated rings. The Hall–Kier alpha value is -2.53. The second-order valence-corrected chi connectivity index (χ2v) is 8.35. The minimum Gasteiger partial charge on any atom is -0.465 e. The number of carbonyl (C=O) groups is 1. The number of alkyl halides is 3. The summed E-state index contributed by atoms with van der Waals surface area (Å²) in [5, 5.41) is 7.73. The van der Waals surface area contributed by atoms with Crippen molar-refractivity contribution in [3.63, 3.8) is 0 Å². The van der Waals surface area contributed by atoms with Crippen molar-refractivity contribution in [2.45, 2.75) is 6.18 Å². The van der Waals surface area contributed by atoms with Crippen LogP contribution in [0, 0.1) is 0 Å². The lowest BCUT2D eigenvalue weighted by Gasteiger charge is -2.17. The van der Waals surface area contributed by atoms with E-state index in [0.29, 0.717) is 15.7 Å². The topological polar surface area (TPSA) is 59.6 Å². The average Bonchev–Trinajstić information content (AvgIpc) is 3.15. The van der Waals surface area contributed by atoms with Crippen molar-refractivity contribution < 1.29 is 27.4 Å². The highest BCUT2D eigenvalue weighted by molar-refractivity contribution is 7.80. The molecule has 2 aromatic carbocycles. The first kappa shape index (κ1) is 24.1. The number of halogens is 5. The number of benzene rings is 2. The number of anilines is 2. The van der Waals surface area contributed by atoms with Gasteiger partial charge in [-0.15, -0.1) is 11.3 Å². The lowest BCUT2D eigenvalue weighted by Crippen LogP contribution is -2.20. The van der Waals surface area contributed by atoms with E-state index in [2.05, 4.69) is 10.6 Å². The molecule has 0 aliphatic carbocycles. The number of hydrogen-bond donors (Lipinski definition) is 2. The zero-order valence-electron chi connectivity index (χ0n) is 16.0. The van der Waals surface area contributed by atoms with Crippen molar-refractivity contribution in [1.82, 2.24) is 0 Å². The number of thiophene rings is 1. The van der Waals surface area contributed by atoms with Gasteiger partial charge in [-0.3, -0.25) is 0 Å². The van der Waals surface area contributed by atoms with Gasteiger partial charge in [-0.05, 0) is 60.1 Å². The Balaban J connectivity index is 1.91. The van der Waals surface area contributed by atoms with E-state index >= 15 is 0 Å². The number of carbonyl (C=O) groups excluding carboxylic acids is 1. The summed E-state index contributed by atoms with van der Waals surface area (Å²) in [7, 11) is 1.21. The summed E-state index contributed by atoms with van der Waals surface area (Å²) in [4.78, 5) is 12.0. The first-order valence-electron chi connectivity index (χ1n) is 8.66. The van der Waals surface area contributed by atoms with Crippen LogP contribution in [0.4, 0.5) is 24.5 Å². The van der Waals surface area contributed by atoms with Crippen LogP contribution in [0.15, 0.2) is 47.8 Å². The Morgan fingerprint density at radius 2 is 1.72 bits per heavy atom. The molecule has 0 atom stereocenters. The summed E-state index contributed by atoms with van der Waals surface area (Å²) in [6, 6.07) is 8.93. The smallest absolute Gasteiger partial charge is 0.416 e. The number of esters is 1. The van der Waals surface area contributed by atoms with E-state index in [0.717, 1.165) is 29.5 Å². The number of ether oxygens (including phenoxy) is 2. The minimum absolute atomic E-state index is 0.00910. The fourth-order valence-electron chi connectivity index (χ4n) is 2.54. The Morgan fingerprint density at radius 3 is 2.34 bits per heavy atom. The summed E-state index contributed by atoms with van der Waals surface area (Å²) in [6.07, 6.45) is -4.59. The Morgan fingerprint density at radius 1 is 1.03 bits per heavy atom. The number of rotatable bonds is 5. The largest absolute Gasteiger partial charge is 0.465 e. The van der Waals surface area contributed by atoms with Gasteiger partial charge >= 0.3 is 12.1 Å². The zero-order valence-corrected chi connectivity index (χ0v) is 19.2. The molecule has 0 aliphatic rings. The Kier molecular flexibility index (Phi) is 7.50. The molecule has 5 nitrogen and oxygen atoms in total. The van der Waals surface area contributed by atoms with Crippen molar-refractivity contribution in [2.24, 2.45) is 0 Å². The van der Waals surface area contributed by atoms with Crippen LogP contribution in [-0.2, 0) is 10.9 Å². The average molecular weight is 521 g/mol. The zero-order chi connectivity index (χ0) is 23.5. The molecular formula is C20H13Cl2F3N2O3S2. The highest BCUT2D eigenvalue weighted by Gasteiger charge is 2.31. The molecule has 3 rings (SSSR count). The van der Waals surface area contributed by atoms with Crippen LogP contribution in [0.5, 0.6) is 11.5 Å². The summed E-state index contributed by atoms with van der Waals surface area (Å²) in [5.41, 5.74) is -0.563. The Labute approximate surface area is 200 Å². The molecule has 1 heterocycles. The molecule has 2 N–H and O–H groups in total. The first-order valence-corrected chi connectivity index (χ1v) is 10.7. The molecule has 0 bridgehead atoms. The van der Waals surface area contributed by atoms with Gasteiger partial charge in [0.25, 0.3) is 0 Å². The van der Waals surface area contributed by atoms with E-state index in [1.807, 2.05) is 0 Å². The summed E-state index contributed by atoms with van der Waals surface area (Å²) in [6.45, 7) is 0. The molecule has 0 radical (unpaired) electrons. The predicted octanol–water partition coefficient (Wildman–Crippen LogP) is 7.46. The molecule has 3 aromatic rings. The van der Waals surface area contributed by atoms with E-state index in [-0.39, 0.29) is 27.2 Å². The summed E-state index contributed by atoms with van der Waals surface area (Å²) < 4.78 is 50.2. The molecule has 1 aromatic heterocycles. The van der Waals surface area contributed by atoms with Gasteiger partial charge in [0.2, 0.25) is 0 Å². The van der Waals surface area contributed by atoms with Gasteiger partial charge in [0.05, 0.1) is 18.4 Å². The third-order valence-corrected chi connectivity index (χ3v) is 5.41. The van der Waals surface area contributed by atoms with E-state index in [1.165, 1.54) is 19.2 Å². The standard InChI is InChI=1S/C20H13Cl2F3N2O3S2/c1-29-18(28)17-16(4-5-32-17)30-15-3-2-10(20(23,24)25)6-14(15)27-19(31)26-13-8-11(21)7-12(22)9-13/h2-9H,1H3,(H2,26,27,31).